The van der Waals surface area contributed by atoms with Gasteiger partial charge in [0.1, 0.15) is 5.56 Å². The summed E-state index contributed by atoms with van der Waals surface area (Å²) >= 11 is 0. The number of carbonyl (C=O) groups is 1. The van der Waals surface area contributed by atoms with Crippen molar-refractivity contribution >= 4 is 5.97 Å². The highest BCUT2D eigenvalue weighted by atomic mass is 16.4. The van der Waals surface area contributed by atoms with Crippen molar-refractivity contribution in [2.24, 2.45) is 0 Å². The zero-order valence-corrected chi connectivity index (χ0v) is 9.41. The first-order valence-corrected chi connectivity index (χ1v) is 5.28. The van der Waals surface area contributed by atoms with Crippen LogP contribution < -0.4 is 5.43 Å². The Labute approximate surface area is 103 Å². The van der Waals surface area contributed by atoms with Gasteiger partial charge in [0.05, 0.1) is 6.20 Å². The molecule has 5 nitrogen and oxygen atoms in total. The Kier molecular flexibility index (Phi) is 3.14. The molecule has 18 heavy (non-hydrogen) atoms. The summed E-state index contributed by atoms with van der Waals surface area (Å²) in [5, 5.41) is 18.3. The molecule has 0 fully saturated rings. The summed E-state index contributed by atoms with van der Waals surface area (Å²) in [6.07, 6.45) is 2.44. The van der Waals surface area contributed by atoms with Crippen molar-refractivity contribution < 1.29 is 15.0 Å². The second-order valence-corrected chi connectivity index (χ2v) is 3.85. The van der Waals surface area contributed by atoms with Crippen molar-refractivity contribution in [1.82, 2.24) is 4.57 Å². The molecule has 0 amide bonds. The van der Waals surface area contributed by atoms with Crippen molar-refractivity contribution in [3.63, 3.8) is 0 Å². The maximum absolute atomic E-state index is 11.4. The molecule has 0 atom stereocenters. The van der Waals surface area contributed by atoms with Gasteiger partial charge in [-0.3, -0.25) is 4.79 Å². The van der Waals surface area contributed by atoms with Crippen molar-refractivity contribution in [3.8, 4) is 5.75 Å². The van der Waals surface area contributed by atoms with Crippen LogP contribution in [0.5, 0.6) is 5.75 Å². The lowest BCUT2D eigenvalue weighted by atomic mass is 10.2. The van der Waals surface area contributed by atoms with Crippen LogP contribution in [0.25, 0.3) is 0 Å². The molecule has 2 rings (SSSR count). The van der Waals surface area contributed by atoms with E-state index < -0.39 is 22.7 Å². The molecular formula is C13H11NO4. The van der Waals surface area contributed by atoms with E-state index in [1.807, 2.05) is 30.3 Å². The molecule has 0 radical (unpaired) electrons. The first kappa shape index (κ1) is 11.9. The predicted octanol–water partition coefficient (Wildman–Crippen LogP) is 1.30. The minimum absolute atomic E-state index is 0.384. The van der Waals surface area contributed by atoms with Crippen LogP contribution in [0.1, 0.15) is 15.9 Å². The molecule has 0 bridgehead atoms. The van der Waals surface area contributed by atoms with Gasteiger partial charge in [0.25, 0.3) is 0 Å². The number of pyridine rings is 1. The van der Waals surface area contributed by atoms with E-state index in [1.54, 1.807) is 0 Å². The number of carboxylic acid groups (broad SMARTS) is 1. The fourth-order valence-corrected chi connectivity index (χ4v) is 1.65. The van der Waals surface area contributed by atoms with E-state index in [0.717, 1.165) is 5.56 Å². The fraction of sp³-hybridized carbons (Fsp3) is 0.0769. The van der Waals surface area contributed by atoms with E-state index in [1.165, 1.54) is 17.0 Å². The van der Waals surface area contributed by atoms with Crippen LogP contribution in [0, 0.1) is 0 Å². The standard InChI is InChI=1S/C13H11NO4/c15-11-8-14(6-9-4-2-1-3-5-9)7-10(12(11)16)13(17)18/h1-5,7-8,15H,6H2,(H,17,18). The molecule has 92 valence electrons. The van der Waals surface area contributed by atoms with E-state index in [4.69, 9.17) is 5.11 Å². The minimum Gasteiger partial charge on any atom is -0.503 e. The first-order valence-electron chi connectivity index (χ1n) is 5.28. The third-order valence-electron chi connectivity index (χ3n) is 2.50. The molecule has 0 saturated carbocycles. The van der Waals surface area contributed by atoms with E-state index in [2.05, 4.69) is 0 Å². The van der Waals surface area contributed by atoms with Crippen molar-refractivity contribution in [2.75, 3.05) is 0 Å². The monoisotopic (exact) mass is 245 g/mol. The van der Waals surface area contributed by atoms with E-state index in [0.29, 0.717) is 6.54 Å². The molecule has 0 spiro atoms. The lowest BCUT2D eigenvalue weighted by molar-refractivity contribution is 0.0694. The number of hydrogen-bond donors (Lipinski definition) is 2. The average molecular weight is 245 g/mol. The van der Waals surface area contributed by atoms with Crippen molar-refractivity contribution in [3.05, 3.63) is 64.1 Å². The van der Waals surface area contributed by atoms with Gasteiger partial charge in [-0.25, -0.2) is 4.79 Å². The number of aromatic hydroxyl groups is 1. The number of carboxylic acids is 1. The third-order valence-corrected chi connectivity index (χ3v) is 2.50. The van der Waals surface area contributed by atoms with Crippen LogP contribution >= 0.6 is 0 Å². The number of aromatic carboxylic acids is 1. The molecule has 2 N–H and O–H groups in total. The number of aromatic nitrogens is 1. The van der Waals surface area contributed by atoms with E-state index in [-0.39, 0.29) is 0 Å². The average Bonchev–Trinajstić information content (AvgIpc) is 2.34. The minimum atomic E-state index is -1.35. The summed E-state index contributed by atoms with van der Waals surface area (Å²) in [6, 6.07) is 9.33. The Bertz CT molecular complexity index is 631. The normalized spacial score (nSPS) is 10.2. The topological polar surface area (TPSA) is 79.5 Å². The Morgan fingerprint density at radius 1 is 1.17 bits per heavy atom. The Balaban J connectivity index is 2.41. The second-order valence-electron chi connectivity index (χ2n) is 3.85. The predicted molar refractivity (Wildman–Crippen MR) is 64.9 cm³/mol. The maximum atomic E-state index is 11.4. The second kappa shape index (κ2) is 4.75. The molecule has 0 aliphatic carbocycles. The van der Waals surface area contributed by atoms with Gasteiger partial charge in [0, 0.05) is 12.7 Å². The highest BCUT2D eigenvalue weighted by Gasteiger charge is 2.13. The Morgan fingerprint density at radius 3 is 2.44 bits per heavy atom. The summed E-state index contributed by atoms with van der Waals surface area (Å²) in [5.74, 6) is -1.91. The van der Waals surface area contributed by atoms with Gasteiger partial charge in [-0.1, -0.05) is 30.3 Å². The molecule has 0 saturated heterocycles. The molecule has 2 aromatic rings. The summed E-state index contributed by atoms with van der Waals surface area (Å²) in [6.45, 7) is 0.384. The summed E-state index contributed by atoms with van der Waals surface area (Å²) in [4.78, 5) is 22.2. The lowest BCUT2D eigenvalue weighted by Gasteiger charge is -2.08. The highest BCUT2D eigenvalue weighted by molar-refractivity contribution is 5.87. The van der Waals surface area contributed by atoms with Crippen LogP contribution in [-0.2, 0) is 6.54 Å². The Morgan fingerprint density at radius 2 is 1.83 bits per heavy atom. The molecule has 0 aliphatic heterocycles. The van der Waals surface area contributed by atoms with Crippen molar-refractivity contribution in [1.29, 1.82) is 0 Å². The van der Waals surface area contributed by atoms with Gasteiger partial charge in [-0.15, -0.1) is 0 Å². The van der Waals surface area contributed by atoms with Gasteiger partial charge in [0.2, 0.25) is 5.43 Å². The van der Waals surface area contributed by atoms with Crippen LogP contribution in [-0.4, -0.2) is 20.7 Å². The van der Waals surface area contributed by atoms with Crippen LogP contribution in [0.15, 0.2) is 47.5 Å². The lowest BCUT2D eigenvalue weighted by Crippen LogP contribution is -2.17. The molecule has 0 aliphatic rings. The van der Waals surface area contributed by atoms with Crippen LogP contribution in [0.3, 0.4) is 0 Å². The summed E-state index contributed by atoms with van der Waals surface area (Å²) < 4.78 is 1.47. The quantitative estimate of drug-likeness (QED) is 0.854. The van der Waals surface area contributed by atoms with E-state index in [9.17, 15) is 14.7 Å². The van der Waals surface area contributed by atoms with Gasteiger partial charge >= 0.3 is 5.97 Å². The van der Waals surface area contributed by atoms with Gasteiger partial charge < -0.3 is 14.8 Å². The number of benzene rings is 1. The fourth-order valence-electron chi connectivity index (χ4n) is 1.65. The summed E-state index contributed by atoms with van der Waals surface area (Å²) in [7, 11) is 0. The van der Waals surface area contributed by atoms with Gasteiger partial charge in [-0.2, -0.15) is 0 Å². The molecule has 0 unspecified atom stereocenters. The van der Waals surface area contributed by atoms with Crippen molar-refractivity contribution in [2.45, 2.75) is 6.54 Å². The molecule has 1 heterocycles. The number of rotatable bonds is 3. The molecule has 1 aromatic carbocycles. The SMILES string of the molecule is O=C(O)c1cn(Cc2ccccc2)cc(O)c1=O. The molecular weight excluding hydrogens is 234 g/mol. The maximum Gasteiger partial charge on any atom is 0.341 e. The largest absolute Gasteiger partial charge is 0.503 e. The van der Waals surface area contributed by atoms with Gasteiger partial charge in [0.15, 0.2) is 5.75 Å². The highest BCUT2D eigenvalue weighted by Crippen LogP contribution is 2.07. The zero-order valence-electron chi connectivity index (χ0n) is 9.41. The smallest absolute Gasteiger partial charge is 0.341 e. The van der Waals surface area contributed by atoms with E-state index >= 15 is 0 Å². The number of hydrogen-bond acceptors (Lipinski definition) is 3. The van der Waals surface area contributed by atoms with Crippen LogP contribution in [0.2, 0.25) is 0 Å². The molecule has 1 aromatic heterocycles. The summed E-state index contributed by atoms with van der Waals surface area (Å²) in [5.41, 5.74) is -0.366. The third kappa shape index (κ3) is 2.40. The Hall–Kier alpha value is -2.56. The number of nitrogens with zero attached hydrogens (tertiary/aromatic N) is 1. The van der Waals surface area contributed by atoms with Gasteiger partial charge in [-0.05, 0) is 5.56 Å². The van der Waals surface area contributed by atoms with Crippen LogP contribution in [0.4, 0.5) is 0 Å². The zero-order chi connectivity index (χ0) is 13.1. The molecule has 5 heteroatoms. The first-order chi connectivity index (χ1) is 8.58.